The number of carbonyl (C=O) groups is 1. The summed E-state index contributed by atoms with van der Waals surface area (Å²) in [5, 5.41) is 0. The van der Waals surface area contributed by atoms with Crippen molar-refractivity contribution in [3.05, 3.63) is 17.0 Å². The van der Waals surface area contributed by atoms with Crippen LogP contribution in [0.15, 0.2) is 16.3 Å². The van der Waals surface area contributed by atoms with Crippen molar-refractivity contribution in [1.82, 2.24) is 14.1 Å². The minimum absolute atomic E-state index is 0.0418. The topological polar surface area (TPSA) is 70.2 Å². The first kappa shape index (κ1) is 21.2. The van der Waals surface area contributed by atoms with Crippen LogP contribution in [0.4, 0.5) is 0 Å². The van der Waals surface area contributed by atoms with Gasteiger partial charge in [0.15, 0.2) is 0 Å². The Labute approximate surface area is 177 Å². The highest BCUT2D eigenvalue weighted by Gasteiger charge is 2.32. The highest BCUT2D eigenvalue weighted by atomic mass is 32.2. The lowest BCUT2D eigenvalue weighted by atomic mass is 9.94. The van der Waals surface area contributed by atoms with Crippen molar-refractivity contribution in [2.45, 2.75) is 48.8 Å². The molecule has 4 rings (SSSR count). The summed E-state index contributed by atoms with van der Waals surface area (Å²) in [6, 6.07) is 4.08. The second-order valence-corrected chi connectivity index (χ2v) is 11.5. The molecular formula is C20H31N3O4S2. The number of nitrogens with zero attached hydrogens (tertiary/aromatic N) is 3. The van der Waals surface area contributed by atoms with E-state index in [4.69, 9.17) is 4.74 Å². The number of ether oxygens (including phenoxy) is 1. The average molecular weight is 442 g/mol. The summed E-state index contributed by atoms with van der Waals surface area (Å²) >= 11 is 1.23. The smallest absolute Gasteiger partial charge is 0.252 e. The highest BCUT2D eigenvalue weighted by molar-refractivity contribution is 7.91. The number of rotatable bonds is 5. The molecule has 1 aliphatic carbocycles. The Morgan fingerprint density at radius 3 is 2.38 bits per heavy atom. The van der Waals surface area contributed by atoms with Crippen molar-refractivity contribution < 1.29 is 17.9 Å². The van der Waals surface area contributed by atoms with Crippen molar-refractivity contribution in [1.29, 1.82) is 0 Å². The second-order valence-electron chi connectivity index (χ2n) is 8.12. The quantitative estimate of drug-likeness (QED) is 0.697. The molecule has 29 heavy (non-hydrogen) atoms. The fourth-order valence-corrected chi connectivity index (χ4v) is 7.47. The fraction of sp³-hybridized carbons (Fsp3) is 0.750. The molecule has 3 fully saturated rings. The average Bonchev–Trinajstić information content (AvgIpc) is 3.24. The molecule has 2 aliphatic heterocycles. The zero-order valence-corrected chi connectivity index (χ0v) is 18.6. The number of hydrogen-bond acceptors (Lipinski definition) is 6. The van der Waals surface area contributed by atoms with Gasteiger partial charge in [-0.3, -0.25) is 9.69 Å². The maximum Gasteiger partial charge on any atom is 0.252 e. The first-order valence-electron chi connectivity index (χ1n) is 10.7. The van der Waals surface area contributed by atoms with Gasteiger partial charge in [-0.15, -0.1) is 11.3 Å². The van der Waals surface area contributed by atoms with E-state index in [0.717, 1.165) is 18.0 Å². The first-order valence-corrected chi connectivity index (χ1v) is 13.0. The second kappa shape index (κ2) is 9.43. The van der Waals surface area contributed by atoms with E-state index in [1.54, 1.807) is 21.3 Å². The Hall–Kier alpha value is -1.00. The van der Waals surface area contributed by atoms with Crippen molar-refractivity contribution in [2.24, 2.45) is 0 Å². The zero-order valence-electron chi connectivity index (χ0n) is 16.9. The number of thiophene rings is 1. The molecule has 0 bridgehead atoms. The maximum absolute atomic E-state index is 13.1. The van der Waals surface area contributed by atoms with Gasteiger partial charge in [0.2, 0.25) is 5.91 Å². The van der Waals surface area contributed by atoms with Gasteiger partial charge in [-0.25, -0.2) is 8.42 Å². The van der Waals surface area contributed by atoms with E-state index in [0.29, 0.717) is 49.6 Å². The third-order valence-electron chi connectivity index (χ3n) is 6.28. The van der Waals surface area contributed by atoms with Crippen molar-refractivity contribution >= 4 is 27.3 Å². The van der Waals surface area contributed by atoms with Gasteiger partial charge in [0.25, 0.3) is 10.0 Å². The number of carbonyl (C=O) groups excluding carboxylic acids is 1. The summed E-state index contributed by atoms with van der Waals surface area (Å²) < 4.78 is 33.4. The molecule has 7 nitrogen and oxygen atoms in total. The van der Waals surface area contributed by atoms with Crippen LogP contribution in [-0.4, -0.2) is 87.0 Å². The van der Waals surface area contributed by atoms with Crippen LogP contribution in [0.25, 0.3) is 0 Å². The SMILES string of the molecule is O=C(Cc1ccc(S(=O)(=O)N2CCN(C3CCCCC3)CC2)s1)N1CCOCC1. The summed E-state index contributed by atoms with van der Waals surface area (Å²) in [6.45, 7) is 5.11. The molecule has 0 aromatic carbocycles. The number of amides is 1. The Kier molecular flexibility index (Phi) is 6.91. The summed E-state index contributed by atoms with van der Waals surface area (Å²) in [4.78, 5) is 17.5. The Morgan fingerprint density at radius 2 is 1.69 bits per heavy atom. The lowest BCUT2D eigenvalue weighted by Crippen LogP contribution is -2.52. The Morgan fingerprint density at radius 1 is 1.00 bits per heavy atom. The van der Waals surface area contributed by atoms with E-state index in [9.17, 15) is 13.2 Å². The van der Waals surface area contributed by atoms with Crippen molar-refractivity contribution in [2.75, 3.05) is 52.5 Å². The van der Waals surface area contributed by atoms with Gasteiger partial charge < -0.3 is 9.64 Å². The van der Waals surface area contributed by atoms with Gasteiger partial charge in [0.05, 0.1) is 19.6 Å². The molecule has 0 radical (unpaired) electrons. The molecule has 1 aromatic heterocycles. The zero-order chi connectivity index (χ0) is 20.3. The van der Waals surface area contributed by atoms with Gasteiger partial charge in [-0.05, 0) is 25.0 Å². The molecule has 3 heterocycles. The molecule has 0 N–H and O–H groups in total. The molecule has 1 amide bonds. The van der Waals surface area contributed by atoms with Crippen molar-refractivity contribution in [3.63, 3.8) is 0 Å². The van der Waals surface area contributed by atoms with E-state index in [1.807, 2.05) is 0 Å². The number of hydrogen-bond donors (Lipinski definition) is 0. The highest BCUT2D eigenvalue weighted by Crippen LogP contribution is 2.28. The van der Waals surface area contributed by atoms with E-state index in [2.05, 4.69) is 4.90 Å². The molecule has 0 atom stereocenters. The van der Waals surface area contributed by atoms with Crippen LogP contribution < -0.4 is 0 Å². The summed E-state index contributed by atoms with van der Waals surface area (Å²) in [5.74, 6) is 0.0418. The van der Waals surface area contributed by atoms with Gasteiger partial charge in [0, 0.05) is 50.2 Å². The summed E-state index contributed by atoms with van der Waals surface area (Å²) in [6.07, 6.45) is 6.68. The Bertz CT molecular complexity index is 790. The first-order chi connectivity index (χ1) is 14.0. The molecule has 0 spiro atoms. The minimum atomic E-state index is -3.48. The minimum Gasteiger partial charge on any atom is -0.378 e. The molecular weight excluding hydrogens is 410 g/mol. The standard InChI is InChI=1S/C20H31N3O4S2/c24-19(22-12-14-27-15-13-22)16-18-6-7-20(28-18)29(25,26)23-10-8-21(9-11-23)17-4-2-1-3-5-17/h6-7,17H,1-5,8-16H2. The van der Waals surface area contributed by atoms with Gasteiger partial charge in [-0.2, -0.15) is 4.31 Å². The fourth-order valence-electron chi connectivity index (χ4n) is 4.55. The van der Waals surface area contributed by atoms with Crippen LogP contribution in [-0.2, 0) is 26.0 Å². The van der Waals surface area contributed by atoms with Crippen LogP contribution in [0.2, 0.25) is 0 Å². The maximum atomic E-state index is 13.1. The number of morpholine rings is 1. The summed E-state index contributed by atoms with van der Waals surface area (Å²) in [7, 11) is -3.48. The third kappa shape index (κ3) is 5.02. The van der Waals surface area contributed by atoms with Gasteiger partial charge in [-0.1, -0.05) is 19.3 Å². The lowest BCUT2D eigenvalue weighted by Gasteiger charge is -2.40. The van der Waals surface area contributed by atoms with E-state index in [-0.39, 0.29) is 12.3 Å². The number of sulfonamides is 1. The van der Waals surface area contributed by atoms with E-state index in [1.165, 1.54) is 43.4 Å². The summed E-state index contributed by atoms with van der Waals surface area (Å²) in [5.41, 5.74) is 0. The monoisotopic (exact) mass is 441 g/mol. The normalized spacial score (nSPS) is 23.4. The third-order valence-corrected chi connectivity index (χ3v) is 9.74. The van der Waals surface area contributed by atoms with Gasteiger partial charge in [0.1, 0.15) is 4.21 Å². The van der Waals surface area contributed by atoms with E-state index < -0.39 is 10.0 Å². The van der Waals surface area contributed by atoms with Gasteiger partial charge >= 0.3 is 0 Å². The van der Waals surface area contributed by atoms with Crippen LogP contribution in [0.3, 0.4) is 0 Å². The lowest BCUT2D eigenvalue weighted by molar-refractivity contribution is -0.134. The van der Waals surface area contributed by atoms with E-state index >= 15 is 0 Å². The largest absolute Gasteiger partial charge is 0.378 e. The van der Waals surface area contributed by atoms with Crippen molar-refractivity contribution in [3.8, 4) is 0 Å². The molecule has 2 saturated heterocycles. The molecule has 3 aliphatic rings. The van der Waals surface area contributed by atoms with Crippen LogP contribution in [0, 0.1) is 0 Å². The molecule has 9 heteroatoms. The predicted molar refractivity (Wildman–Crippen MR) is 113 cm³/mol. The molecule has 1 saturated carbocycles. The van der Waals surface area contributed by atoms with Crippen LogP contribution in [0.1, 0.15) is 37.0 Å². The Balaban J connectivity index is 1.34. The predicted octanol–water partition coefficient (Wildman–Crippen LogP) is 1.79. The molecule has 162 valence electrons. The molecule has 0 unspecified atom stereocenters. The van der Waals surface area contributed by atoms with Crippen LogP contribution >= 0.6 is 11.3 Å². The molecule has 1 aromatic rings. The number of piperazine rings is 1. The van der Waals surface area contributed by atoms with Crippen LogP contribution in [0.5, 0.6) is 0 Å².